The molecule has 0 radical (unpaired) electrons. The molecular formula is C20H16FNO6. The number of hydrogen-bond donors (Lipinski definition) is 1. The number of nitrogens with zero attached hydrogens (tertiary/aromatic N) is 1. The lowest BCUT2D eigenvalue weighted by atomic mass is 10.0. The van der Waals surface area contributed by atoms with Gasteiger partial charge in [0.05, 0.1) is 18.4 Å². The monoisotopic (exact) mass is 385 g/mol. The number of anilines is 1. The number of methoxy groups -OCH3 is 1. The first-order valence-corrected chi connectivity index (χ1v) is 8.21. The van der Waals surface area contributed by atoms with Crippen molar-refractivity contribution in [3.63, 3.8) is 0 Å². The summed E-state index contributed by atoms with van der Waals surface area (Å²) < 4.78 is 23.3. The number of esters is 1. The molecule has 0 saturated heterocycles. The van der Waals surface area contributed by atoms with Gasteiger partial charge in [0, 0.05) is 18.1 Å². The molecule has 0 unspecified atom stereocenters. The number of carbonyl (C=O) groups is 3. The van der Waals surface area contributed by atoms with Crippen molar-refractivity contribution >= 4 is 34.8 Å². The average molecular weight is 385 g/mol. The molecule has 3 rings (SSSR count). The lowest BCUT2D eigenvalue weighted by Gasteiger charge is -2.12. The molecule has 1 aliphatic rings. The van der Waals surface area contributed by atoms with Crippen LogP contribution in [0.1, 0.15) is 18.1 Å². The number of aliphatic hydroxyl groups is 1. The smallest absolute Gasteiger partial charge is 0.343 e. The fourth-order valence-electron chi connectivity index (χ4n) is 2.83. The van der Waals surface area contributed by atoms with Crippen LogP contribution < -0.4 is 9.64 Å². The van der Waals surface area contributed by atoms with Gasteiger partial charge < -0.3 is 14.6 Å². The molecule has 1 heterocycles. The van der Waals surface area contributed by atoms with Crippen molar-refractivity contribution in [2.75, 3.05) is 18.6 Å². The van der Waals surface area contributed by atoms with Crippen LogP contribution in [0.2, 0.25) is 0 Å². The Morgan fingerprint density at radius 1 is 1.14 bits per heavy atom. The second kappa shape index (κ2) is 7.51. The number of amides is 2. The normalized spacial score (nSPS) is 14.5. The number of hydrogen-bond acceptors (Lipinski definition) is 6. The zero-order valence-corrected chi connectivity index (χ0v) is 15.1. The highest BCUT2D eigenvalue weighted by molar-refractivity contribution is 6.42. The third-order valence-corrected chi connectivity index (χ3v) is 4.15. The Balaban J connectivity index is 1.98. The predicted octanol–water partition coefficient (Wildman–Crippen LogP) is 2.70. The van der Waals surface area contributed by atoms with Gasteiger partial charge in [-0.25, -0.2) is 14.1 Å². The second-order valence-electron chi connectivity index (χ2n) is 5.93. The highest BCUT2D eigenvalue weighted by Crippen LogP contribution is 2.40. The van der Waals surface area contributed by atoms with E-state index in [9.17, 15) is 23.9 Å². The number of aliphatic hydroxyl groups excluding tert-OH is 1. The van der Waals surface area contributed by atoms with Crippen LogP contribution in [0.5, 0.6) is 5.75 Å². The van der Waals surface area contributed by atoms with Gasteiger partial charge in [-0.15, -0.1) is 0 Å². The first-order chi connectivity index (χ1) is 13.3. The van der Waals surface area contributed by atoms with Crippen molar-refractivity contribution in [2.45, 2.75) is 6.92 Å². The Kier molecular flexibility index (Phi) is 5.12. The van der Waals surface area contributed by atoms with E-state index in [4.69, 9.17) is 4.74 Å². The molecule has 2 aromatic rings. The van der Waals surface area contributed by atoms with Gasteiger partial charge in [-0.1, -0.05) is 0 Å². The van der Waals surface area contributed by atoms with Gasteiger partial charge in [0.15, 0.2) is 6.61 Å². The summed E-state index contributed by atoms with van der Waals surface area (Å²) in [5.74, 6) is -2.48. The molecule has 0 saturated carbocycles. The molecule has 2 amide bonds. The Bertz CT molecular complexity index is 996. The van der Waals surface area contributed by atoms with E-state index in [1.54, 1.807) is 0 Å². The van der Waals surface area contributed by atoms with E-state index >= 15 is 0 Å². The first kappa shape index (κ1) is 19.1. The lowest BCUT2D eigenvalue weighted by molar-refractivity contribution is -0.143. The van der Waals surface area contributed by atoms with Crippen LogP contribution in [0.3, 0.4) is 0 Å². The van der Waals surface area contributed by atoms with Crippen molar-refractivity contribution in [3.8, 4) is 5.75 Å². The molecule has 0 aromatic heterocycles. The zero-order chi connectivity index (χ0) is 20.4. The standard InChI is InChI=1S/C20H16FNO6/c1-11(23)22-16-9-13(21)5-8-15(16)18(20(22)26)19(25)12-3-6-14(7-4-12)28-10-17(24)27-2/h3-9,25H,10H2,1-2H3/b19-18+. The maximum absolute atomic E-state index is 13.6. The molecule has 8 heteroatoms. The van der Waals surface area contributed by atoms with Crippen molar-refractivity contribution < 1.29 is 33.4 Å². The van der Waals surface area contributed by atoms with Crippen molar-refractivity contribution in [3.05, 3.63) is 59.4 Å². The third kappa shape index (κ3) is 3.44. The summed E-state index contributed by atoms with van der Waals surface area (Å²) in [5, 5.41) is 10.7. The van der Waals surface area contributed by atoms with Gasteiger partial charge in [0.25, 0.3) is 5.91 Å². The maximum Gasteiger partial charge on any atom is 0.343 e. The number of carbonyl (C=O) groups excluding carboxylic acids is 3. The van der Waals surface area contributed by atoms with Crippen LogP contribution in [-0.2, 0) is 19.1 Å². The van der Waals surface area contributed by atoms with E-state index in [0.29, 0.717) is 5.75 Å². The van der Waals surface area contributed by atoms with Crippen LogP contribution in [0.15, 0.2) is 42.5 Å². The van der Waals surface area contributed by atoms with Crippen molar-refractivity contribution in [2.24, 2.45) is 0 Å². The SMILES string of the molecule is COC(=O)COc1ccc(/C(O)=C2\C(=O)N(C(C)=O)c3cc(F)ccc32)cc1. The van der Waals surface area contributed by atoms with Crippen molar-refractivity contribution in [1.29, 1.82) is 0 Å². The van der Waals surface area contributed by atoms with Gasteiger partial charge in [-0.05, 0) is 42.5 Å². The fraction of sp³-hybridized carbons (Fsp3) is 0.150. The van der Waals surface area contributed by atoms with Gasteiger partial charge in [0.2, 0.25) is 5.91 Å². The summed E-state index contributed by atoms with van der Waals surface area (Å²) in [5.41, 5.74) is 0.519. The summed E-state index contributed by atoms with van der Waals surface area (Å²) in [4.78, 5) is 36.5. The maximum atomic E-state index is 13.6. The van der Waals surface area contributed by atoms with E-state index in [1.807, 2.05) is 0 Å². The number of benzene rings is 2. The van der Waals surface area contributed by atoms with Gasteiger partial charge in [-0.2, -0.15) is 0 Å². The number of ether oxygens (including phenoxy) is 2. The Morgan fingerprint density at radius 2 is 1.82 bits per heavy atom. The molecule has 7 nitrogen and oxygen atoms in total. The molecule has 0 bridgehead atoms. The van der Waals surface area contributed by atoms with Crippen LogP contribution in [-0.4, -0.2) is 36.6 Å². The summed E-state index contributed by atoms with van der Waals surface area (Å²) in [6.07, 6.45) is 0. The van der Waals surface area contributed by atoms with Crippen LogP contribution in [0.25, 0.3) is 11.3 Å². The van der Waals surface area contributed by atoms with E-state index in [1.165, 1.54) is 44.4 Å². The fourth-order valence-corrected chi connectivity index (χ4v) is 2.83. The third-order valence-electron chi connectivity index (χ3n) is 4.15. The van der Waals surface area contributed by atoms with Crippen LogP contribution in [0.4, 0.5) is 10.1 Å². The van der Waals surface area contributed by atoms with Gasteiger partial charge in [0.1, 0.15) is 17.3 Å². The van der Waals surface area contributed by atoms with E-state index < -0.39 is 23.6 Å². The van der Waals surface area contributed by atoms with E-state index in [0.717, 1.165) is 17.0 Å². The van der Waals surface area contributed by atoms with Crippen LogP contribution in [0, 0.1) is 5.82 Å². The molecule has 0 aliphatic carbocycles. The van der Waals surface area contributed by atoms with Crippen LogP contribution >= 0.6 is 0 Å². The summed E-state index contributed by atoms with van der Waals surface area (Å²) >= 11 is 0. The summed E-state index contributed by atoms with van der Waals surface area (Å²) in [7, 11) is 1.24. The Labute approximate surface area is 159 Å². The number of halogens is 1. The molecule has 144 valence electrons. The minimum absolute atomic E-state index is 0.0806. The Hall–Kier alpha value is -3.68. The molecular weight excluding hydrogens is 369 g/mol. The topological polar surface area (TPSA) is 93.1 Å². The molecule has 0 spiro atoms. The van der Waals surface area contributed by atoms with Crippen molar-refractivity contribution in [1.82, 2.24) is 0 Å². The number of fused-ring (bicyclic) bond motifs is 1. The molecule has 1 N–H and O–H groups in total. The van der Waals surface area contributed by atoms with E-state index in [2.05, 4.69) is 4.74 Å². The highest BCUT2D eigenvalue weighted by Gasteiger charge is 2.38. The lowest BCUT2D eigenvalue weighted by Crippen LogP contribution is -2.31. The first-order valence-electron chi connectivity index (χ1n) is 8.21. The minimum Gasteiger partial charge on any atom is -0.506 e. The second-order valence-corrected chi connectivity index (χ2v) is 5.93. The molecule has 28 heavy (non-hydrogen) atoms. The highest BCUT2D eigenvalue weighted by atomic mass is 19.1. The summed E-state index contributed by atoms with van der Waals surface area (Å²) in [6, 6.07) is 9.53. The number of imide groups is 1. The average Bonchev–Trinajstić information content (AvgIpc) is 2.96. The van der Waals surface area contributed by atoms with Gasteiger partial charge in [-0.3, -0.25) is 9.59 Å². The zero-order valence-electron chi connectivity index (χ0n) is 15.1. The largest absolute Gasteiger partial charge is 0.506 e. The molecule has 2 aromatic carbocycles. The predicted molar refractivity (Wildman–Crippen MR) is 98.0 cm³/mol. The molecule has 0 atom stereocenters. The minimum atomic E-state index is -0.739. The Morgan fingerprint density at radius 3 is 2.43 bits per heavy atom. The van der Waals surface area contributed by atoms with E-state index in [-0.39, 0.29) is 34.8 Å². The van der Waals surface area contributed by atoms with Gasteiger partial charge >= 0.3 is 5.97 Å². The number of rotatable bonds is 4. The molecule has 0 fully saturated rings. The quantitative estimate of drug-likeness (QED) is 0.494. The summed E-state index contributed by atoms with van der Waals surface area (Å²) in [6.45, 7) is 0.911. The molecule has 1 aliphatic heterocycles.